The quantitative estimate of drug-likeness (QED) is 0.398. The predicted molar refractivity (Wildman–Crippen MR) is 58.1 cm³/mol. The largest absolute Gasteiger partial charge is 0.508 e. The van der Waals surface area contributed by atoms with Crippen LogP contribution in [0.25, 0.3) is 0 Å². The number of amides is 1. The van der Waals surface area contributed by atoms with Crippen LogP contribution in [-0.2, 0) is 9.47 Å². The number of rotatable bonds is 5. The second-order valence-electron chi connectivity index (χ2n) is 2.88. The molecule has 0 saturated carbocycles. The van der Waals surface area contributed by atoms with E-state index in [9.17, 15) is 4.79 Å². The highest BCUT2D eigenvalue weighted by molar-refractivity contribution is 5.66. The smallest absolute Gasteiger partial charge is 0.408 e. The fraction of sp³-hybridized carbons (Fsp3) is 0.300. The zero-order valence-corrected chi connectivity index (χ0v) is 8.90. The van der Waals surface area contributed by atoms with Crippen LogP contribution >= 0.6 is 0 Å². The van der Waals surface area contributed by atoms with E-state index < -0.39 is 6.09 Å². The summed E-state index contributed by atoms with van der Waals surface area (Å²) < 4.78 is 9.40. The normalized spacial score (nSPS) is 9.56. The van der Waals surface area contributed by atoms with Crippen LogP contribution in [-0.4, -0.2) is 31.8 Å². The SMILES string of the molecule is COC(=O)NCOCNc1ccc(O)cc1. The summed E-state index contributed by atoms with van der Waals surface area (Å²) in [5, 5.41) is 14.3. The Bertz CT molecular complexity index is 326. The molecule has 0 heterocycles. The van der Waals surface area contributed by atoms with Crippen molar-refractivity contribution in [2.45, 2.75) is 0 Å². The first-order valence-corrected chi connectivity index (χ1v) is 4.65. The third-order valence-electron chi connectivity index (χ3n) is 1.75. The number of phenols is 1. The Morgan fingerprint density at radius 1 is 1.31 bits per heavy atom. The third kappa shape index (κ3) is 4.52. The van der Waals surface area contributed by atoms with Crippen molar-refractivity contribution in [2.24, 2.45) is 0 Å². The topological polar surface area (TPSA) is 79.8 Å². The number of aromatic hydroxyl groups is 1. The van der Waals surface area contributed by atoms with Crippen LogP contribution in [0.5, 0.6) is 5.75 Å². The first-order chi connectivity index (χ1) is 7.72. The fourth-order valence-electron chi connectivity index (χ4n) is 0.947. The molecule has 0 saturated heterocycles. The van der Waals surface area contributed by atoms with Crippen molar-refractivity contribution in [1.82, 2.24) is 5.32 Å². The summed E-state index contributed by atoms with van der Waals surface area (Å²) in [6.07, 6.45) is -0.537. The Morgan fingerprint density at radius 3 is 2.62 bits per heavy atom. The standard InChI is InChI=1S/C10H14N2O4/c1-15-10(14)12-7-16-6-11-8-2-4-9(13)5-3-8/h2-5,11,13H,6-7H2,1H3,(H,12,14). The van der Waals surface area contributed by atoms with E-state index >= 15 is 0 Å². The number of alkyl carbamates (subject to hydrolysis) is 1. The molecule has 88 valence electrons. The highest BCUT2D eigenvalue weighted by atomic mass is 16.6. The summed E-state index contributed by atoms with van der Waals surface area (Å²) >= 11 is 0. The second kappa shape index (κ2) is 6.52. The number of carbonyl (C=O) groups excluding carboxylic acids is 1. The molecule has 1 aromatic carbocycles. The number of ether oxygens (including phenoxy) is 2. The van der Waals surface area contributed by atoms with E-state index in [1.165, 1.54) is 7.11 Å². The van der Waals surface area contributed by atoms with E-state index in [-0.39, 0.29) is 19.2 Å². The van der Waals surface area contributed by atoms with Gasteiger partial charge in [-0.15, -0.1) is 0 Å². The van der Waals surface area contributed by atoms with Gasteiger partial charge in [0, 0.05) is 5.69 Å². The zero-order chi connectivity index (χ0) is 11.8. The molecular formula is C10H14N2O4. The van der Waals surface area contributed by atoms with Gasteiger partial charge in [-0.05, 0) is 24.3 Å². The van der Waals surface area contributed by atoms with Crippen molar-refractivity contribution in [3.05, 3.63) is 24.3 Å². The van der Waals surface area contributed by atoms with Gasteiger partial charge in [0.05, 0.1) is 7.11 Å². The van der Waals surface area contributed by atoms with Crippen LogP contribution in [0.1, 0.15) is 0 Å². The Hall–Kier alpha value is -1.95. The van der Waals surface area contributed by atoms with Crippen molar-refractivity contribution in [3.63, 3.8) is 0 Å². The van der Waals surface area contributed by atoms with Gasteiger partial charge in [0.1, 0.15) is 19.2 Å². The maximum absolute atomic E-state index is 10.6. The third-order valence-corrected chi connectivity index (χ3v) is 1.75. The first-order valence-electron chi connectivity index (χ1n) is 4.65. The Balaban J connectivity index is 2.11. The average Bonchev–Trinajstić information content (AvgIpc) is 2.31. The predicted octanol–water partition coefficient (Wildman–Crippen LogP) is 1.09. The molecule has 16 heavy (non-hydrogen) atoms. The second-order valence-corrected chi connectivity index (χ2v) is 2.88. The van der Waals surface area contributed by atoms with Crippen LogP contribution in [0.4, 0.5) is 10.5 Å². The van der Waals surface area contributed by atoms with E-state index in [4.69, 9.17) is 9.84 Å². The minimum Gasteiger partial charge on any atom is -0.508 e. The molecule has 0 aromatic heterocycles. The monoisotopic (exact) mass is 226 g/mol. The van der Waals surface area contributed by atoms with E-state index in [1.807, 2.05) is 0 Å². The molecule has 0 aliphatic carbocycles. The van der Waals surface area contributed by atoms with Crippen LogP contribution in [0.2, 0.25) is 0 Å². The van der Waals surface area contributed by atoms with Crippen LogP contribution in [0.15, 0.2) is 24.3 Å². The fourth-order valence-corrected chi connectivity index (χ4v) is 0.947. The highest BCUT2D eigenvalue weighted by Gasteiger charge is 1.96. The Labute approximate surface area is 93.2 Å². The van der Waals surface area contributed by atoms with E-state index in [1.54, 1.807) is 24.3 Å². The van der Waals surface area contributed by atoms with Gasteiger partial charge < -0.3 is 19.9 Å². The zero-order valence-electron chi connectivity index (χ0n) is 8.90. The number of carbonyl (C=O) groups is 1. The van der Waals surface area contributed by atoms with Gasteiger partial charge in [0.2, 0.25) is 0 Å². The summed E-state index contributed by atoms with van der Waals surface area (Å²) in [4.78, 5) is 10.6. The number of hydrogen-bond acceptors (Lipinski definition) is 5. The van der Waals surface area contributed by atoms with Gasteiger partial charge in [-0.1, -0.05) is 0 Å². The molecule has 3 N–H and O–H groups in total. The minimum absolute atomic E-state index is 0.0672. The van der Waals surface area contributed by atoms with Crippen molar-refractivity contribution >= 4 is 11.8 Å². The average molecular weight is 226 g/mol. The lowest BCUT2D eigenvalue weighted by molar-refractivity contribution is 0.115. The molecule has 1 rings (SSSR count). The molecule has 6 nitrogen and oxygen atoms in total. The van der Waals surface area contributed by atoms with Crippen molar-refractivity contribution < 1.29 is 19.4 Å². The first kappa shape index (κ1) is 12.1. The lowest BCUT2D eigenvalue weighted by Gasteiger charge is -2.08. The number of phenolic OH excluding ortho intramolecular Hbond substituents is 1. The molecule has 0 radical (unpaired) electrons. The molecular weight excluding hydrogens is 212 g/mol. The molecule has 0 aliphatic rings. The number of anilines is 1. The van der Waals surface area contributed by atoms with Crippen LogP contribution in [0, 0.1) is 0 Å². The van der Waals surface area contributed by atoms with Gasteiger partial charge in [-0.3, -0.25) is 5.32 Å². The Kier molecular flexibility index (Phi) is 4.94. The van der Waals surface area contributed by atoms with E-state index in [0.29, 0.717) is 0 Å². The number of nitrogens with one attached hydrogen (secondary N) is 2. The van der Waals surface area contributed by atoms with E-state index in [2.05, 4.69) is 15.4 Å². The Morgan fingerprint density at radius 2 is 2.00 bits per heavy atom. The van der Waals surface area contributed by atoms with Gasteiger partial charge in [-0.2, -0.15) is 0 Å². The molecule has 1 amide bonds. The lowest BCUT2D eigenvalue weighted by Crippen LogP contribution is -2.27. The van der Waals surface area contributed by atoms with Crippen molar-refractivity contribution in [1.29, 1.82) is 0 Å². The summed E-state index contributed by atoms with van der Waals surface area (Å²) in [6, 6.07) is 6.56. The summed E-state index contributed by atoms with van der Waals surface area (Å²) in [7, 11) is 1.28. The molecule has 0 fully saturated rings. The minimum atomic E-state index is -0.537. The highest BCUT2D eigenvalue weighted by Crippen LogP contribution is 2.12. The maximum Gasteiger partial charge on any atom is 0.408 e. The van der Waals surface area contributed by atoms with E-state index in [0.717, 1.165) is 5.69 Å². The molecule has 0 spiro atoms. The van der Waals surface area contributed by atoms with Gasteiger partial charge in [0.25, 0.3) is 0 Å². The van der Waals surface area contributed by atoms with Crippen LogP contribution < -0.4 is 10.6 Å². The van der Waals surface area contributed by atoms with Gasteiger partial charge in [0.15, 0.2) is 0 Å². The van der Waals surface area contributed by atoms with Crippen molar-refractivity contribution in [2.75, 3.05) is 25.9 Å². The van der Waals surface area contributed by atoms with Gasteiger partial charge >= 0.3 is 6.09 Å². The van der Waals surface area contributed by atoms with Crippen LogP contribution in [0.3, 0.4) is 0 Å². The number of hydrogen-bond donors (Lipinski definition) is 3. The summed E-state index contributed by atoms with van der Waals surface area (Å²) in [5.74, 6) is 0.207. The van der Waals surface area contributed by atoms with Gasteiger partial charge in [-0.25, -0.2) is 4.79 Å². The lowest BCUT2D eigenvalue weighted by atomic mass is 10.3. The number of methoxy groups -OCH3 is 1. The molecule has 0 bridgehead atoms. The van der Waals surface area contributed by atoms with Crippen molar-refractivity contribution in [3.8, 4) is 5.75 Å². The maximum atomic E-state index is 10.6. The summed E-state index contributed by atoms with van der Waals surface area (Å²) in [5.41, 5.74) is 0.816. The number of benzene rings is 1. The molecule has 6 heteroatoms. The summed E-state index contributed by atoms with van der Waals surface area (Å²) in [6.45, 7) is 0.312. The molecule has 1 aromatic rings. The molecule has 0 aliphatic heterocycles. The molecule has 0 atom stereocenters. The molecule has 0 unspecified atom stereocenters.